The molecule has 0 unspecified atom stereocenters. The highest BCUT2D eigenvalue weighted by atomic mass is 15.1. The number of hydrogen-bond acceptors (Lipinski definition) is 2. The highest BCUT2D eigenvalue weighted by Gasteiger charge is 2.20. The number of likely N-dealkylation sites (tertiary alicyclic amines) is 2. The van der Waals surface area contributed by atoms with Crippen molar-refractivity contribution in [3.8, 4) is 0 Å². The Labute approximate surface area is 202 Å². The minimum absolute atomic E-state index is 0.934. The van der Waals surface area contributed by atoms with Crippen LogP contribution in [0.2, 0.25) is 0 Å². The maximum Gasteiger partial charge on any atom is 0.0175 e. The van der Waals surface area contributed by atoms with E-state index in [0.29, 0.717) is 0 Å². The summed E-state index contributed by atoms with van der Waals surface area (Å²) in [5, 5.41) is 0. The van der Waals surface area contributed by atoms with Gasteiger partial charge in [0.2, 0.25) is 0 Å². The summed E-state index contributed by atoms with van der Waals surface area (Å²) in [4.78, 5) is 5.08. The Bertz CT molecular complexity index is 808. The Morgan fingerprint density at radius 1 is 0.636 bits per heavy atom. The number of nitrogens with zero attached hydrogens (tertiary/aromatic N) is 2. The van der Waals surface area contributed by atoms with Crippen molar-refractivity contribution in [2.75, 3.05) is 26.2 Å². The molecule has 2 aromatic rings. The van der Waals surface area contributed by atoms with Crippen molar-refractivity contribution >= 4 is 11.1 Å². The Morgan fingerprint density at radius 3 is 1.36 bits per heavy atom. The fourth-order valence-electron chi connectivity index (χ4n) is 5.54. The van der Waals surface area contributed by atoms with Gasteiger partial charge in [-0.3, -0.25) is 0 Å². The standard InChI is InChI=1S/C31H42N2/c1-26(30-12-5-3-6-13-30)24-32-20-16-28(17-21-32)10-9-11-29-18-22-33(23-19-29)25-27(2)31-14-7-4-8-15-31/h3-8,12-15,24-25,28-29H,9-11,16-23H2,1-2H3. The van der Waals surface area contributed by atoms with Crippen molar-refractivity contribution in [3.63, 3.8) is 0 Å². The van der Waals surface area contributed by atoms with Gasteiger partial charge in [-0.15, -0.1) is 0 Å². The van der Waals surface area contributed by atoms with Gasteiger partial charge >= 0.3 is 0 Å². The molecular weight excluding hydrogens is 400 g/mol. The average Bonchev–Trinajstić information content (AvgIpc) is 2.87. The molecular formula is C31H42N2. The Kier molecular flexibility index (Phi) is 8.69. The van der Waals surface area contributed by atoms with Crippen molar-refractivity contribution in [2.45, 2.75) is 58.8 Å². The van der Waals surface area contributed by atoms with E-state index in [4.69, 9.17) is 0 Å². The van der Waals surface area contributed by atoms with Gasteiger partial charge in [0.15, 0.2) is 0 Å². The molecule has 2 heterocycles. The van der Waals surface area contributed by atoms with E-state index in [2.05, 4.69) is 96.7 Å². The lowest BCUT2D eigenvalue weighted by molar-refractivity contribution is 0.210. The lowest BCUT2D eigenvalue weighted by Crippen LogP contribution is -2.30. The third kappa shape index (κ3) is 7.25. The molecule has 4 rings (SSSR count). The van der Waals surface area contributed by atoms with Gasteiger partial charge in [-0.05, 0) is 73.6 Å². The molecule has 2 aliphatic heterocycles. The highest BCUT2D eigenvalue weighted by Crippen LogP contribution is 2.28. The monoisotopic (exact) mass is 442 g/mol. The van der Waals surface area contributed by atoms with Crippen molar-refractivity contribution in [3.05, 3.63) is 84.2 Å². The molecule has 2 heteroatoms. The van der Waals surface area contributed by atoms with E-state index in [-0.39, 0.29) is 0 Å². The molecule has 0 bridgehead atoms. The highest BCUT2D eigenvalue weighted by molar-refractivity contribution is 5.63. The number of benzene rings is 2. The van der Waals surface area contributed by atoms with Crippen LogP contribution in [0.5, 0.6) is 0 Å². The van der Waals surface area contributed by atoms with Gasteiger partial charge < -0.3 is 9.80 Å². The van der Waals surface area contributed by atoms with Crippen LogP contribution in [0.15, 0.2) is 73.1 Å². The number of hydrogen-bond donors (Lipinski definition) is 0. The molecule has 0 saturated carbocycles. The molecule has 2 fully saturated rings. The molecule has 0 amide bonds. The second-order valence-electron chi connectivity index (χ2n) is 10.2. The van der Waals surface area contributed by atoms with Crippen molar-refractivity contribution in [1.29, 1.82) is 0 Å². The van der Waals surface area contributed by atoms with E-state index in [1.807, 2.05) is 0 Å². The molecule has 2 aromatic carbocycles. The molecule has 0 aliphatic carbocycles. The molecule has 0 N–H and O–H groups in total. The summed E-state index contributed by atoms with van der Waals surface area (Å²) in [5.41, 5.74) is 5.45. The molecule has 0 radical (unpaired) electrons. The predicted molar refractivity (Wildman–Crippen MR) is 143 cm³/mol. The Hall–Kier alpha value is -2.48. The minimum atomic E-state index is 0.934. The van der Waals surface area contributed by atoms with E-state index in [0.717, 1.165) is 11.8 Å². The average molecular weight is 443 g/mol. The second kappa shape index (κ2) is 12.1. The maximum atomic E-state index is 2.54. The van der Waals surface area contributed by atoms with E-state index in [9.17, 15) is 0 Å². The van der Waals surface area contributed by atoms with Gasteiger partial charge in [0, 0.05) is 38.6 Å². The van der Waals surface area contributed by atoms with Crippen LogP contribution in [0.4, 0.5) is 0 Å². The topological polar surface area (TPSA) is 6.48 Å². The summed E-state index contributed by atoms with van der Waals surface area (Å²) >= 11 is 0. The van der Waals surface area contributed by atoms with Gasteiger partial charge in [-0.25, -0.2) is 0 Å². The molecule has 2 aliphatic rings. The zero-order chi connectivity index (χ0) is 22.9. The zero-order valence-electron chi connectivity index (χ0n) is 20.8. The van der Waals surface area contributed by atoms with Crippen LogP contribution in [-0.4, -0.2) is 36.0 Å². The van der Waals surface area contributed by atoms with Crippen molar-refractivity contribution in [2.24, 2.45) is 11.8 Å². The molecule has 2 nitrogen and oxygen atoms in total. The number of rotatable bonds is 8. The van der Waals surface area contributed by atoms with Crippen LogP contribution >= 0.6 is 0 Å². The van der Waals surface area contributed by atoms with Gasteiger partial charge in [0.25, 0.3) is 0 Å². The summed E-state index contributed by atoms with van der Waals surface area (Å²) in [7, 11) is 0. The first-order valence-corrected chi connectivity index (χ1v) is 13.1. The number of piperidine rings is 2. The molecule has 2 saturated heterocycles. The van der Waals surface area contributed by atoms with Crippen LogP contribution in [0.25, 0.3) is 11.1 Å². The van der Waals surface area contributed by atoms with Crippen LogP contribution in [0.3, 0.4) is 0 Å². The molecule has 0 aromatic heterocycles. The Balaban J connectivity index is 1.12. The summed E-state index contributed by atoms with van der Waals surface area (Å²) in [6.45, 7) is 9.37. The Morgan fingerprint density at radius 2 is 1.00 bits per heavy atom. The second-order valence-corrected chi connectivity index (χ2v) is 10.2. The summed E-state index contributed by atoms with van der Waals surface area (Å²) in [5.74, 6) is 1.87. The summed E-state index contributed by atoms with van der Waals surface area (Å²) in [6.07, 6.45) is 14.5. The van der Waals surface area contributed by atoms with E-state index in [1.165, 1.54) is 93.4 Å². The smallest absolute Gasteiger partial charge is 0.0175 e. The largest absolute Gasteiger partial charge is 0.377 e. The fraction of sp³-hybridized carbons (Fsp3) is 0.484. The summed E-state index contributed by atoms with van der Waals surface area (Å²) < 4.78 is 0. The first-order valence-electron chi connectivity index (χ1n) is 13.1. The minimum Gasteiger partial charge on any atom is -0.377 e. The molecule has 0 atom stereocenters. The van der Waals surface area contributed by atoms with Crippen LogP contribution in [0, 0.1) is 11.8 Å². The third-order valence-electron chi connectivity index (χ3n) is 7.73. The quantitative estimate of drug-likeness (QED) is 0.413. The molecule has 176 valence electrons. The van der Waals surface area contributed by atoms with E-state index >= 15 is 0 Å². The first kappa shape index (κ1) is 23.7. The van der Waals surface area contributed by atoms with Gasteiger partial charge in [0.05, 0.1) is 0 Å². The lowest BCUT2D eigenvalue weighted by atomic mass is 9.87. The zero-order valence-corrected chi connectivity index (χ0v) is 20.8. The molecule has 33 heavy (non-hydrogen) atoms. The van der Waals surface area contributed by atoms with Crippen LogP contribution in [-0.2, 0) is 0 Å². The van der Waals surface area contributed by atoms with Gasteiger partial charge in [-0.2, -0.15) is 0 Å². The SMILES string of the molecule is CC(=CN1CCC(CCCC2CCN(C=C(C)c3ccccc3)CC2)CC1)c1ccccc1. The lowest BCUT2D eigenvalue weighted by Gasteiger charge is -2.33. The summed E-state index contributed by atoms with van der Waals surface area (Å²) in [6, 6.07) is 21.6. The van der Waals surface area contributed by atoms with Crippen molar-refractivity contribution < 1.29 is 0 Å². The van der Waals surface area contributed by atoms with Crippen LogP contribution < -0.4 is 0 Å². The molecule has 0 spiro atoms. The fourth-order valence-corrected chi connectivity index (χ4v) is 5.54. The predicted octanol–water partition coefficient (Wildman–Crippen LogP) is 7.70. The van der Waals surface area contributed by atoms with Crippen molar-refractivity contribution in [1.82, 2.24) is 9.80 Å². The van der Waals surface area contributed by atoms with Crippen LogP contribution in [0.1, 0.15) is 69.9 Å². The normalized spacial score (nSPS) is 19.2. The van der Waals surface area contributed by atoms with Gasteiger partial charge in [0.1, 0.15) is 0 Å². The maximum absolute atomic E-state index is 2.54. The van der Waals surface area contributed by atoms with E-state index in [1.54, 1.807) is 0 Å². The first-order chi connectivity index (χ1) is 16.2. The van der Waals surface area contributed by atoms with Gasteiger partial charge in [-0.1, -0.05) is 79.9 Å². The van der Waals surface area contributed by atoms with E-state index < -0.39 is 0 Å². The third-order valence-corrected chi connectivity index (χ3v) is 7.73. The number of allylic oxidation sites excluding steroid dienone is 2.